The number of hydrogen-bond donors (Lipinski definition) is 0. The molecule has 0 aliphatic carbocycles. The molecule has 1 atom stereocenters. The average molecular weight is 277 g/mol. The third-order valence-electron chi connectivity index (χ3n) is 2.89. The summed E-state index contributed by atoms with van der Waals surface area (Å²) in [6.45, 7) is 2.75. The van der Waals surface area contributed by atoms with Crippen LogP contribution in [-0.2, 0) is 9.53 Å². The fourth-order valence-corrected chi connectivity index (χ4v) is 1.83. The van der Waals surface area contributed by atoms with Gasteiger partial charge in [0.05, 0.1) is 26.9 Å². The van der Waals surface area contributed by atoms with Crippen LogP contribution in [0.3, 0.4) is 0 Å². The maximum atomic E-state index is 12.0. The van der Waals surface area contributed by atoms with E-state index in [1.807, 2.05) is 13.0 Å². The first-order valence-corrected chi connectivity index (χ1v) is 6.39. The van der Waals surface area contributed by atoms with E-state index >= 15 is 0 Å². The van der Waals surface area contributed by atoms with E-state index in [-0.39, 0.29) is 12.2 Å². The number of nitriles is 1. The van der Waals surface area contributed by atoms with E-state index in [0.29, 0.717) is 30.3 Å². The number of ether oxygens (including phenoxy) is 3. The Labute approximate surface area is 119 Å². The maximum absolute atomic E-state index is 12.0. The van der Waals surface area contributed by atoms with Crippen molar-refractivity contribution in [3.05, 3.63) is 23.8 Å². The summed E-state index contributed by atoms with van der Waals surface area (Å²) >= 11 is 0. The topological polar surface area (TPSA) is 68.6 Å². The number of nitrogens with zero attached hydrogens (tertiary/aromatic N) is 1. The molecular weight excluding hydrogens is 258 g/mol. The molecule has 0 bridgehead atoms. The predicted octanol–water partition coefficient (Wildman–Crippen LogP) is 2.31. The summed E-state index contributed by atoms with van der Waals surface area (Å²) in [6.07, 6.45) is 0.223. The van der Waals surface area contributed by atoms with Crippen LogP contribution in [-0.4, -0.2) is 33.2 Å². The van der Waals surface area contributed by atoms with Crippen LogP contribution < -0.4 is 9.47 Å². The SMILES string of the molecule is CCOCCC(=O)C(C#N)c1ccc(OC)c(OC)c1. The molecule has 0 saturated heterocycles. The molecule has 1 rings (SSSR count). The quantitative estimate of drug-likeness (QED) is 0.682. The molecule has 0 aliphatic heterocycles. The molecule has 0 spiro atoms. The molecular formula is C15H19NO4. The van der Waals surface area contributed by atoms with Crippen LogP contribution in [0.4, 0.5) is 0 Å². The van der Waals surface area contributed by atoms with Gasteiger partial charge in [-0.3, -0.25) is 4.79 Å². The van der Waals surface area contributed by atoms with Gasteiger partial charge in [-0.25, -0.2) is 0 Å². The van der Waals surface area contributed by atoms with Crippen molar-refractivity contribution < 1.29 is 19.0 Å². The summed E-state index contributed by atoms with van der Waals surface area (Å²) in [5.74, 6) is 0.0981. The Morgan fingerprint density at radius 3 is 2.55 bits per heavy atom. The van der Waals surface area contributed by atoms with E-state index in [1.54, 1.807) is 18.2 Å². The minimum Gasteiger partial charge on any atom is -0.493 e. The lowest BCUT2D eigenvalue weighted by Crippen LogP contribution is -2.13. The highest BCUT2D eigenvalue weighted by Gasteiger charge is 2.21. The van der Waals surface area contributed by atoms with E-state index in [2.05, 4.69) is 0 Å². The molecule has 0 amide bonds. The Kier molecular flexibility index (Phi) is 6.54. The molecule has 108 valence electrons. The number of Topliss-reactive ketones (excluding diaryl/α,β-unsaturated/α-hetero) is 1. The number of carbonyl (C=O) groups excluding carboxylic acids is 1. The van der Waals surface area contributed by atoms with E-state index in [0.717, 1.165) is 0 Å². The van der Waals surface area contributed by atoms with Crippen LogP contribution >= 0.6 is 0 Å². The van der Waals surface area contributed by atoms with Gasteiger partial charge in [-0.05, 0) is 24.6 Å². The number of hydrogen-bond acceptors (Lipinski definition) is 5. The standard InChI is InChI=1S/C15H19NO4/c1-4-20-8-7-13(17)12(10-16)11-5-6-14(18-2)15(9-11)19-3/h5-6,9,12H,4,7-8H2,1-3H3. The number of benzene rings is 1. The first-order valence-electron chi connectivity index (χ1n) is 6.39. The molecule has 1 aromatic carbocycles. The maximum Gasteiger partial charge on any atom is 0.161 e. The van der Waals surface area contributed by atoms with Gasteiger partial charge >= 0.3 is 0 Å². The molecule has 0 heterocycles. The van der Waals surface area contributed by atoms with Gasteiger partial charge in [0, 0.05) is 13.0 Å². The van der Waals surface area contributed by atoms with Crippen LogP contribution in [0.5, 0.6) is 11.5 Å². The Morgan fingerprint density at radius 2 is 2.00 bits per heavy atom. The largest absolute Gasteiger partial charge is 0.493 e. The molecule has 0 radical (unpaired) electrons. The fourth-order valence-electron chi connectivity index (χ4n) is 1.83. The Bertz CT molecular complexity index is 493. The third kappa shape index (κ3) is 3.97. The third-order valence-corrected chi connectivity index (χ3v) is 2.89. The van der Waals surface area contributed by atoms with Crippen molar-refractivity contribution in [2.75, 3.05) is 27.4 Å². The van der Waals surface area contributed by atoms with Gasteiger partial charge in [-0.1, -0.05) is 6.07 Å². The van der Waals surface area contributed by atoms with Crippen molar-refractivity contribution in [3.8, 4) is 17.6 Å². The molecule has 0 N–H and O–H groups in total. The minimum absolute atomic E-state index is 0.159. The fraction of sp³-hybridized carbons (Fsp3) is 0.467. The summed E-state index contributed by atoms with van der Waals surface area (Å²) < 4.78 is 15.5. The highest BCUT2D eigenvalue weighted by Crippen LogP contribution is 2.31. The van der Waals surface area contributed by atoms with Gasteiger partial charge < -0.3 is 14.2 Å². The summed E-state index contributed by atoms with van der Waals surface area (Å²) in [7, 11) is 3.05. The normalized spacial score (nSPS) is 11.5. The van der Waals surface area contributed by atoms with Crippen LogP contribution in [0.25, 0.3) is 0 Å². The van der Waals surface area contributed by atoms with Gasteiger partial charge in [0.1, 0.15) is 5.92 Å². The highest BCUT2D eigenvalue weighted by atomic mass is 16.5. The van der Waals surface area contributed by atoms with Gasteiger partial charge in [0.2, 0.25) is 0 Å². The van der Waals surface area contributed by atoms with Crippen molar-refractivity contribution in [1.82, 2.24) is 0 Å². The molecule has 1 aromatic rings. The zero-order chi connectivity index (χ0) is 15.0. The van der Waals surface area contributed by atoms with Gasteiger partial charge in [0.25, 0.3) is 0 Å². The summed E-state index contributed by atoms with van der Waals surface area (Å²) in [6, 6.07) is 7.08. The summed E-state index contributed by atoms with van der Waals surface area (Å²) in [5.41, 5.74) is 0.603. The first-order chi connectivity index (χ1) is 9.67. The van der Waals surface area contributed by atoms with E-state index in [9.17, 15) is 10.1 Å². The smallest absolute Gasteiger partial charge is 0.161 e. The molecule has 1 unspecified atom stereocenters. The Balaban J connectivity index is 2.90. The number of rotatable bonds is 8. The average Bonchev–Trinajstić information content (AvgIpc) is 2.48. The lowest BCUT2D eigenvalue weighted by molar-refractivity contribution is -0.120. The zero-order valence-electron chi connectivity index (χ0n) is 12.0. The molecule has 0 aromatic heterocycles. The van der Waals surface area contributed by atoms with Gasteiger partial charge in [0.15, 0.2) is 17.3 Å². The number of ketones is 1. The van der Waals surface area contributed by atoms with E-state index in [4.69, 9.17) is 14.2 Å². The van der Waals surface area contributed by atoms with Crippen LogP contribution in [0.1, 0.15) is 24.8 Å². The highest BCUT2D eigenvalue weighted by molar-refractivity contribution is 5.88. The molecule has 0 saturated carbocycles. The minimum atomic E-state index is -0.810. The molecule has 0 aliphatic rings. The van der Waals surface area contributed by atoms with Crippen molar-refractivity contribution in [2.24, 2.45) is 0 Å². The van der Waals surface area contributed by atoms with Crippen LogP contribution in [0.15, 0.2) is 18.2 Å². The van der Waals surface area contributed by atoms with E-state index < -0.39 is 5.92 Å². The second-order valence-corrected chi connectivity index (χ2v) is 4.09. The van der Waals surface area contributed by atoms with Crippen molar-refractivity contribution in [1.29, 1.82) is 5.26 Å². The molecule has 20 heavy (non-hydrogen) atoms. The zero-order valence-corrected chi connectivity index (χ0v) is 12.0. The number of methoxy groups -OCH3 is 2. The summed E-state index contributed by atoms with van der Waals surface area (Å²) in [5, 5.41) is 9.21. The van der Waals surface area contributed by atoms with Crippen LogP contribution in [0.2, 0.25) is 0 Å². The summed E-state index contributed by atoms with van der Waals surface area (Å²) in [4.78, 5) is 12.0. The number of carbonyl (C=O) groups is 1. The van der Waals surface area contributed by atoms with Crippen LogP contribution in [0, 0.1) is 11.3 Å². The monoisotopic (exact) mass is 277 g/mol. The Morgan fingerprint density at radius 1 is 1.30 bits per heavy atom. The molecule has 5 nitrogen and oxygen atoms in total. The van der Waals surface area contributed by atoms with Crippen molar-refractivity contribution >= 4 is 5.78 Å². The van der Waals surface area contributed by atoms with E-state index in [1.165, 1.54) is 14.2 Å². The van der Waals surface area contributed by atoms with Crippen molar-refractivity contribution in [3.63, 3.8) is 0 Å². The van der Waals surface area contributed by atoms with Gasteiger partial charge in [-0.15, -0.1) is 0 Å². The second-order valence-electron chi connectivity index (χ2n) is 4.09. The second kappa shape index (κ2) is 8.18. The predicted molar refractivity (Wildman–Crippen MR) is 74.0 cm³/mol. The molecule has 0 fully saturated rings. The van der Waals surface area contributed by atoms with Gasteiger partial charge in [-0.2, -0.15) is 5.26 Å². The molecule has 5 heteroatoms. The Hall–Kier alpha value is -2.06. The lowest BCUT2D eigenvalue weighted by Gasteiger charge is -2.12. The van der Waals surface area contributed by atoms with Crippen molar-refractivity contribution in [2.45, 2.75) is 19.3 Å². The first kappa shape index (κ1) is 16.0. The lowest BCUT2D eigenvalue weighted by atomic mass is 9.94.